The van der Waals surface area contributed by atoms with Gasteiger partial charge in [0.25, 0.3) is 5.91 Å². The standard InChI is InChI=1S/C20H17BrN2O3S/c1-12(2)23-19(24)18(27-20(23)22-14-6-4-3-5-7-14)9-13-8-16-17(10-15(13)21)26-11-25-16/h3-10,12H,11H2,1-2H3/b18-9+,22-20?. The van der Waals surface area contributed by atoms with E-state index in [0.29, 0.717) is 21.6 Å². The van der Waals surface area contributed by atoms with Crippen LogP contribution < -0.4 is 9.47 Å². The molecular weight excluding hydrogens is 428 g/mol. The van der Waals surface area contributed by atoms with E-state index in [2.05, 4.69) is 20.9 Å². The highest BCUT2D eigenvalue weighted by molar-refractivity contribution is 9.10. The van der Waals surface area contributed by atoms with Crippen LogP contribution >= 0.6 is 27.7 Å². The first-order valence-electron chi connectivity index (χ1n) is 8.49. The Morgan fingerprint density at radius 2 is 1.89 bits per heavy atom. The van der Waals surface area contributed by atoms with Crippen molar-refractivity contribution >= 4 is 50.5 Å². The molecule has 0 bridgehead atoms. The summed E-state index contributed by atoms with van der Waals surface area (Å²) in [5, 5.41) is 0.685. The van der Waals surface area contributed by atoms with Gasteiger partial charge in [-0.1, -0.05) is 34.1 Å². The van der Waals surface area contributed by atoms with Gasteiger partial charge in [-0.25, -0.2) is 4.99 Å². The molecule has 5 nitrogen and oxygen atoms in total. The third kappa shape index (κ3) is 3.61. The number of halogens is 1. The summed E-state index contributed by atoms with van der Waals surface area (Å²) in [6, 6.07) is 13.4. The third-order valence-electron chi connectivity index (χ3n) is 4.11. The number of amidine groups is 1. The zero-order valence-corrected chi connectivity index (χ0v) is 17.2. The number of hydrogen-bond acceptors (Lipinski definition) is 5. The number of carbonyl (C=O) groups excluding carboxylic acids is 1. The van der Waals surface area contributed by atoms with Crippen LogP contribution in [0, 0.1) is 0 Å². The molecule has 1 saturated heterocycles. The summed E-state index contributed by atoms with van der Waals surface area (Å²) in [6.07, 6.45) is 1.86. The predicted octanol–water partition coefficient (Wildman–Crippen LogP) is 5.19. The number of nitrogens with zero attached hydrogens (tertiary/aromatic N) is 2. The van der Waals surface area contributed by atoms with Crippen LogP contribution in [-0.2, 0) is 4.79 Å². The quantitative estimate of drug-likeness (QED) is 0.611. The first-order valence-corrected chi connectivity index (χ1v) is 10.1. The highest BCUT2D eigenvalue weighted by Crippen LogP contribution is 2.40. The minimum Gasteiger partial charge on any atom is -0.454 e. The van der Waals surface area contributed by atoms with E-state index in [4.69, 9.17) is 9.47 Å². The highest BCUT2D eigenvalue weighted by atomic mass is 79.9. The lowest BCUT2D eigenvalue weighted by Gasteiger charge is -2.19. The lowest BCUT2D eigenvalue weighted by molar-refractivity contribution is -0.123. The van der Waals surface area contributed by atoms with Gasteiger partial charge in [0.1, 0.15) is 0 Å². The van der Waals surface area contributed by atoms with Crippen LogP contribution in [-0.4, -0.2) is 28.8 Å². The van der Waals surface area contributed by atoms with Crippen molar-refractivity contribution in [3.05, 3.63) is 57.4 Å². The smallest absolute Gasteiger partial charge is 0.266 e. The maximum Gasteiger partial charge on any atom is 0.266 e. The number of rotatable bonds is 3. The average molecular weight is 445 g/mol. The van der Waals surface area contributed by atoms with E-state index in [1.54, 1.807) is 4.90 Å². The first kappa shape index (κ1) is 18.1. The van der Waals surface area contributed by atoms with Gasteiger partial charge in [-0.15, -0.1) is 0 Å². The zero-order chi connectivity index (χ0) is 19.0. The maximum absolute atomic E-state index is 13.0. The van der Waals surface area contributed by atoms with Crippen molar-refractivity contribution < 1.29 is 14.3 Å². The summed E-state index contributed by atoms with van der Waals surface area (Å²) >= 11 is 4.93. The van der Waals surface area contributed by atoms with Gasteiger partial charge in [-0.2, -0.15) is 0 Å². The van der Waals surface area contributed by atoms with E-state index in [0.717, 1.165) is 15.7 Å². The molecule has 0 spiro atoms. The van der Waals surface area contributed by atoms with E-state index in [-0.39, 0.29) is 18.7 Å². The lowest BCUT2D eigenvalue weighted by atomic mass is 10.2. The molecular formula is C20H17BrN2O3S. The topological polar surface area (TPSA) is 51.1 Å². The van der Waals surface area contributed by atoms with Crippen LogP contribution in [0.5, 0.6) is 11.5 Å². The normalized spacial score (nSPS) is 19.0. The van der Waals surface area contributed by atoms with E-state index in [1.165, 1.54) is 11.8 Å². The van der Waals surface area contributed by atoms with Crippen molar-refractivity contribution in [3.8, 4) is 11.5 Å². The number of hydrogen-bond donors (Lipinski definition) is 0. The molecule has 2 aliphatic heterocycles. The highest BCUT2D eigenvalue weighted by Gasteiger charge is 2.35. The average Bonchev–Trinajstić information content (AvgIpc) is 3.20. The van der Waals surface area contributed by atoms with Crippen LogP contribution in [0.1, 0.15) is 19.4 Å². The molecule has 2 aromatic rings. The minimum atomic E-state index is -0.0470. The number of benzene rings is 2. The van der Waals surface area contributed by atoms with Crippen molar-refractivity contribution in [2.45, 2.75) is 19.9 Å². The van der Waals surface area contributed by atoms with Crippen LogP contribution in [0.3, 0.4) is 0 Å². The Bertz CT molecular complexity index is 957. The molecule has 0 atom stereocenters. The number of fused-ring (bicyclic) bond motifs is 1. The third-order valence-corrected chi connectivity index (χ3v) is 5.78. The molecule has 0 saturated carbocycles. The van der Waals surface area contributed by atoms with Gasteiger partial charge in [-0.05, 0) is 61.5 Å². The first-order chi connectivity index (χ1) is 13.0. The van der Waals surface area contributed by atoms with Crippen molar-refractivity contribution in [3.63, 3.8) is 0 Å². The van der Waals surface area contributed by atoms with Gasteiger partial charge in [0.05, 0.1) is 10.6 Å². The fraction of sp³-hybridized carbons (Fsp3) is 0.200. The number of aliphatic imine (C=N–C) groups is 1. The minimum absolute atomic E-state index is 0.0126. The van der Waals surface area contributed by atoms with Crippen LogP contribution in [0.15, 0.2) is 56.8 Å². The second-order valence-corrected chi connectivity index (χ2v) is 8.20. The van der Waals surface area contributed by atoms with Gasteiger partial charge < -0.3 is 9.47 Å². The molecule has 138 valence electrons. The van der Waals surface area contributed by atoms with Gasteiger partial charge in [-0.3, -0.25) is 9.69 Å². The van der Waals surface area contributed by atoms with Crippen molar-refractivity contribution in [2.24, 2.45) is 4.99 Å². The monoisotopic (exact) mass is 444 g/mol. The van der Waals surface area contributed by atoms with Gasteiger partial charge >= 0.3 is 0 Å². The van der Waals surface area contributed by atoms with Crippen molar-refractivity contribution in [1.82, 2.24) is 4.90 Å². The molecule has 0 unspecified atom stereocenters. The van der Waals surface area contributed by atoms with E-state index >= 15 is 0 Å². The summed E-state index contributed by atoms with van der Waals surface area (Å²) in [7, 11) is 0. The molecule has 0 aromatic heterocycles. The second kappa shape index (κ2) is 7.40. The Kier molecular flexibility index (Phi) is 4.97. The molecule has 2 aliphatic rings. The fourth-order valence-corrected chi connectivity index (χ4v) is 4.37. The zero-order valence-electron chi connectivity index (χ0n) is 14.8. The van der Waals surface area contributed by atoms with E-state index in [1.807, 2.05) is 62.4 Å². The Morgan fingerprint density at radius 1 is 1.19 bits per heavy atom. The largest absolute Gasteiger partial charge is 0.454 e. The summed E-state index contributed by atoms with van der Waals surface area (Å²) in [4.78, 5) is 20.0. The lowest BCUT2D eigenvalue weighted by Crippen LogP contribution is -2.35. The summed E-state index contributed by atoms with van der Waals surface area (Å²) in [6.45, 7) is 4.18. The maximum atomic E-state index is 13.0. The van der Waals surface area contributed by atoms with Crippen LogP contribution in [0.2, 0.25) is 0 Å². The fourth-order valence-electron chi connectivity index (χ4n) is 2.82. The molecule has 0 aliphatic carbocycles. The molecule has 2 aromatic carbocycles. The number of amides is 1. The Balaban J connectivity index is 1.71. The molecule has 27 heavy (non-hydrogen) atoms. The van der Waals surface area contributed by atoms with Gasteiger partial charge in [0.15, 0.2) is 16.7 Å². The van der Waals surface area contributed by atoms with E-state index < -0.39 is 0 Å². The molecule has 7 heteroatoms. The molecule has 0 N–H and O–H groups in total. The molecule has 0 radical (unpaired) electrons. The molecule has 4 rings (SSSR count). The summed E-state index contributed by atoms with van der Waals surface area (Å²) in [5.74, 6) is 1.33. The van der Waals surface area contributed by atoms with Crippen LogP contribution in [0.25, 0.3) is 6.08 Å². The number of para-hydroxylation sites is 1. The molecule has 1 fully saturated rings. The van der Waals surface area contributed by atoms with Crippen molar-refractivity contribution in [2.75, 3.05) is 6.79 Å². The number of thioether (sulfide) groups is 1. The number of carbonyl (C=O) groups is 1. The summed E-state index contributed by atoms with van der Waals surface area (Å²) < 4.78 is 11.7. The predicted molar refractivity (Wildman–Crippen MR) is 111 cm³/mol. The van der Waals surface area contributed by atoms with E-state index in [9.17, 15) is 4.79 Å². The van der Waals surface area contributed by atoms with Crippen LogP contribution in [0.4, 0.5) is 5.69 Å². The molecule has 2 heterocycles. The Morgan fingerprint density at radius 3 is 2.59 bits per heavy atom. The Hall–Kier alpha value is -2.25. The summed E-state index contributed by atoms with van der Waals surface area (Å²) in [5.41, 5.74) is 1.68. The molecule has 1 amide bonds. The SMILES string of the molecule is CC(C)N1C(=O)/C(=C\c2cc3c(cc2Br)OCO3)SC1=Nc1ccccc1. The Labute approximate surface area is 170 Å². The second-order valence-electron chi connectivity index (χ2n) is 6.34. The van der Waals surface area contributed by atoms with Crippen molar-refractivity contribution in [1.29, 1.82) is 0 Å². The van der Waals surface area contributed by atoms with Gasteiger partial charge in [0.2, 0.25) is 6.79 Å². The van der Waals surface area contributed by atoms with Gasteiger partial charge in [0, 0.05) is 10.5 Å². The number of ether oxygens (including phenoxy) is 2.